The van der Waals surface area contributed by atoms with E-state index in [0.717, 1.165) is 16.9 Å². The Hall–Kier alpha value is -1.71. The van der Waals surface area contributed by atoms with Crippen LogP contribution in [0.25, 0.3) is 0 Å². The number of carboxylic acid groups (broad SMARTS) is 1. The van der Waals surface area contributed by atoms with Crippen LogP contribution in [0.3, 0.4) is 0 Å². The maximum atomic E-state index is 11.5. The Balaban J connectivity index is 2.16. The molecule has 1 aliphatic carbocycles. The molecule has 0 atom stereocenters. The summed E-state index contributed by atoms with van der Waals surface area (Å²) in [6.45, 7) is 4.36. The fraction of sp³-hybridized carbons (Fsp3) is 0.500. The van der Waals surface area contributed by atoms with Crippen molar-refractivity contribution in [3.63, 3.8) is 0 Å². The van der Waals surface area contributed by atoms with Gasteiger partial charge in [-0.3, -0.25) is 4.79 Å². The van der Waals surface area contributed by atoms with E-state index in [9.17, 15) is 9.90 Å². The van der Waals surface area contributed by atoms with Gasteiger partial charge in [0.1, 0.15) is 0 Å². The smallest absolute Gasteiger partial charge is 0.314 e. The Morgan fingerprint density at radius 2 is 1.89 bits per heavy atom. The zero-order valence-electron chi connectivity index (χ0n) is 10.5. The quantitative estimate of drug-likeness (QED) is 0.893. The van der Waals surface area contributed by atoms with E-state index in [2.05, 4.69) is 13.8 Å². The molecule has 1 aliphatic heterocycles. The zero-order chi connectivity index (χ0) is 12.9. The molecule has 18 heavy (non-hydrogen) atoms. The highest BCUT2D eigenvalue weighted by Crippen LogP contribution is 2.53. The summed E-state index contributed by atoms with van der Waals surface area (Å²) in [5.74, 6) is 0.931. The van der Waals surface area contributed by atoms with Crippen molar-refractivity contribution in [2.45, 2.75) is 38.0 Å². The van der Waals surface area contributed by atoms with Gasteiger partial charge in [-0.15, -0.1) is 0 Å². The van der Waals surface area contributed by atoms with Crippen LogP contribution in [0, 0.1) is 0 Å². The van der Waals surface area contributed by atoms with Gasteiger partial charge in [-0.05, 0) is 42.0 Å². The highest BCUT2D eigenvalue weighted by Gasteiger charge is 2.53. The minimum absolute atomic E-state index is 0.219. The molecule has 96 valence electrons. The predicted molar refractivity (Wildman–Crippen MR) is 65.2 cm³/mol. The second kappa shape index (κ2) is 3.64. The first-order valence-corrected chi connectivity index (χ1v) is 6.22. The molecule has 0 radical (unpaired) electrons. The fourth-order valence-electron chi connectivity index (χ4n) is 2.57. The molecule has 0 spiro atoms. The monoisotopic (exact) mass is 248 g/mol. The summed E-state index contributed by atoms with van der Waals surface area (Å²) in [6, 6.07) is 3.80. The van der Waals surface area contributed by atoms with Gasteiger partial charge in [0.25, 0.3) is 0 Å². The zero-order valence-corrected chi connectivity index (χ0v) is 10.5. The fourth-order valence-corrected chi connectivity index (χ4v) is 2.57. The number of benzene rings is 1. The van der Waals surface area contributed by atoms with E-state index in [-0.39, 0.29) is 12.7 Å². The van der Waals surface area contributed by atoms with Gasteiger partial charge in [-0.25, -0.2) is 0 Å². The molecule has 1 N–H and O–H groups in total. The van der Waals surface area contributed by atoms with Crippen LogP contribution >= 0.6 is 0 Å². The van der Waals surface area contributed by atoms with E-state index >= 15 is 0 Å². The lowest BCUT2D eigenvalue weighted by atomic mass is 9.86. The molecule has 1 fully saturated rings. The molecular weight excluding hydrogens is 232 g/mol. The van der Waals surface area contributed by atoms with Crippen LogP contribution in [0.15, 0.2) is 12.1 Å². The first-order valence-electron chi connectivity index (χ1n) is 6.22. The summed E-state index contributed by atoms with van der Waals surface area (Å²) in [5.41, 5.74) is 1.26. The van der Waals surface area contributed by atoms with Gasteiger partial charge >= 0.3 is 5.97 Å². The topological polar surface area (TPSA) is 55.8 Å². The minimum atomic E-state index is -0.733. The van der Waals surface area contributed by atoms with Crippen LogP contribution < -0.4 is 9.47 Å². The van der Waals surface area contributed by atoms with Crippen molar-refractivity contribution in [2.75, 3.05) is 6.79 Å². The van der Waals surface area contributed by atoms with Gasteiger partial charge in [0.05, 0.1) is 5.41 Å². The van der Waals surface area contributed by atoms with E-state index < -0.39 is 11.4 Å². The summed E-state index contributed by atoms with van der Waals surface area (Å²) in [7, 11) is 0. The summed E-state index contributed by atoms with van der Waals surface area (Å²) in [5, 5.41) is 9.44. The molecule has 2 aliphatic rings. The molecule has 3 rings (SSSR count). The Kier molecular flexibility index (Phi) is 2.30. The molecule has 1 aromatic rings. The van der Waals surface area contributed by atoms with Crippen molar-refractivity contribution < 1.29 is 19.4 Å². The lowest BCUT2D eigenvalue weighted by molar-refractivity contribution is -0.140. The Morgan fingerprint density at radius 1 is 1.28 bits per heavy atom. The molecule has 1 heterocycles. The average molecular weight is 248 g/mol. The summed E-state index contributed by atoms with van der Waals surface area (Å²) >= 11 is 0. The molecule has 1 aromatic carbocycles. The maximum absolute atomic E-state index is 11.5. The number of fused-ring (bicyclic) bond motifs is 1. The summed E-state index contributed by atoms with van der Waals surface area (Å²) in [6.07, 6.45) is 1.42. The van der Waals surface area contributed by atoms with Gasteiger partial charge in [-0.1, -0.05) is 13.8 Å². The normalized spacial score (nSPS) is 19.1. The van der Waals surface area contributed by atoms with Crippen molar-refractivity contribution in [1.29, 1.82) is 0 Å². The first-order chi connectivity index (χ1) is 8.54. The van der Waals surface area contributed by atoms with Gasteiger partial charge in [0.2, 0.25) is 6.79 Å². The predicted octanol–water partition coefficient (Wildman–Crippen LogP) is 2.65. The van der Waals surface area contributed by atoms with E-state index in [1.807, 2.05) is 12.1 Å². The van der Waals surface area contributed by atoms with Crippen molar-refractivity contribution in [2.24, 2.45) is 0 Å². The van der Waals surface area contributed by atoms with Gasteiger partial charge < -0.3 is 14.6 Å². The number of carboxylic acids is 1. The largest absolute Gasteiger partial charge is 0.481 e. The van der Waals surface area contributed by atoms with Crippen molar-refractivity contribution in [3.8, 4) is 11.5 Å². The number of ether oxygens (including phenoxy) is 2. The Morgan fingerprint density at radius 3 is 2.39 bits per heavy atom. The van der Waals surface area contributed by atoms with Crippen LogP contribution in [0.2, 0.25) is 0 Å². The van der Waals surface area contributed by atoms with Gasteiger partial charge in [0, 0.05) is 0 Å². The minimum Gasteiger partial charge on any atom is -0.481 e. The second-order valence-corrected chi connectivity index (χ2v) is 5.33. The molecule has 1 saturated carbocycles. The number of hydrogen-bond acceptors (Lipinski definition) is 3. The SMILES string of the molecule is CC(C)c1cc2c(cc1C1(C(=O)O)CC1)OCO2. The molecule has 4 nitrogen and oxygen atoms in total. The molecule has 0 saturated heterocycles. The van der Waals surface area contributed by atoms with Crippen molar-refractivity contribution >= 4 is 5.97 Å². The lowest BCUT2D eigenvalue weighted by Gasteiger charge is -2.19. The first kappa shape index (κ1) is 11.4. The van der Waals surface area contributed by atoms with E-state index in [1.54, 1.807) is 0 Å². The molecule has 0 amide bonds. The Labute approximate surface area is 106 Å². The highest BCUT2D eigenvalue weighted by molar-refractivity contribution is 5.86. The highest BCUT2D eigenvalue weighted by atomic mass is 16.7. The third kappa shape index (κ3) is 1.48. The van der Waals surface area contributed by atoms with Gasteiger partial charge in [-0.2, -0.15) is 0 Å². The van der Waals surface area contributed by atoms with Crippen LogP contribution in [-0.4, -0.2) is 17.9 Å². The van der Waals surface area contributed by atoms with E-state index in [1.165, 1.54) is 0 Å². The standard InChI is InChI=1S/C14H16O4/c1-8(2)9-5-11-12(18-7-17-11)6-10(9)14(3-4-14)13(15)16/h5-6,8H,3-4,7H2,1-2H3,(H,15,16). The van der Waals surface area contributed by atoms with Crippen molar-refractivity contribution in [1.82, 2.24) is 0 Å². The number of hydrogen-bond donors (Lipinski definition) is 1. The van der Waals surface area contributed by atoms with E-state index in [4.69, 9.17) is 9.47 Å². The van der Waals surface area contributed by atoms with E-state index in [0.29, 0.717) is 18.6 Å². The summed E-state index contributed by atoms with van der Waals surface area (Å²) in [4.78, 5) is 11.5. The Bertz CT molecular complexity index is 515. The molecule has 0 bridgehead atoms. The van der Waals surface area contributed by atoms with Crippen LogP contribution in [-0.2, 0) is 10.2 Å². The third-order valence-corrected chi connectivity index (χ3v) is 3.84. The second-order valence-electron chi connectivity index (χ2n) is 5.33. The molecule has 4 heteroatoms. The third-order valence-electron chi connectivity index (χ3n) is 3.84. The molecule has 0 aromatic heterocycles. The lowest BCUT2D eigenvalue weighted by Crippen LogP contribution is -2.21. The molecule has 0 unspecified atom stereocenters. The van der Waals surface area contributed by atoms with Crippen LogP contribution in [0.5, 0.6) is 11.5 Å². The maximum Gasteiger partial charge on any atom is 0.314 e. The van der Waals surface area contributed by atoms with Crippen LogP contribution in [0.4, 0.5) is 0 Å². The summed E-state index contributed by atoms with van der Waals surface area (Å²) < 4.78 is 10.7. The number of aliphatic carboxylic acids is 1. The van der Waals surface area contributed by atoms with Gasteiger partial charge in [0.15, 0.2) is 11.5 Å². The molecular formula is C14H16O4. The van der Waals surface area contributed by atoms with Crippen molar-refractivity contribution in [3.05, 3.63) is 23.3 Å². The average Bonchev–Trinajstić information content (AvgIpc) is 3.01. The number of carbonyl (C=O) groups is 1. The van der Waals surface area contributed by atoms with Crippen LogP contribution in [0.1, 0.15) is 43.7 Å². The number of rotatable bonds is 3.